The van der Waals surface area contributed by atoms with Crippen molar-refractivity contribution in [3.63, 3.8) is 0 Å². The molecule has 0 aromatic heterocycles. The van der Waals surface area contributed by atoms with E-state index in [0.29, 0.717) is 25.4 Å². The lowest BCUT2D eigenvalue weighted by Gasteiger charge is -2.50. The zero-order chi connectivity index (χ0) is 11.4. The molecule has 0 bridgehead atoms. The first-order chi connectivity index (χ1) is 7.52. The second-order valence-corrected chi connectivity index (χ2v) is 6.06. The molecule has 1 spiro atoms. The number of Topliss-reactive ketones (excluding diaryl/α,β-unsaturated/α-hetero) is 1. The highest BCUT2D eigenvalue weighted by atomic mass is 16.7. The third kappa shape index (κ3) is 1.08. The van der Waals surface area contributed by atoms with Crippen molar-refractivity contribution in [2.45, 2.75) is 51.7 Å². The summed E-state index contributed by atoms with van der Waals surface area (Å²) in [5, 5.41) is 0. The Kier molecular flexibility index (Phi) is 2.06. The predicted octanol–water partition coefficient (Wildman–Crippen LogP) is 2.29. The van der Waals surface area contributed by atoms with E-state index in [9.17, 15) is 4.79 Å². The van der Waals surface area contributed by atoms with Crippen molar-refractivity contribution >= 4 is 5.78 Å². The van der Waals surface area contributed by atoms with Crippen molar-refractivity contribution in [3.05, 3.63) is 0 Å². The van der Waals surface area contributed by atoms with Crippen LogP contribution in [0.5, 0.6) is 0 Å². The number of fused-ring (bicyclic) bond motifs is 2. The Labute approximate surface area is 96.5 Å². The van der Waals surface area contributed by atoms with Gasteiger partial charge in [-0.3, -0.25) is 4.79 Å². The molecule has 1 aliphatic heterocycles. The maximum atomic E-state index is 11.8. The smallest absolute Gasteiger partial charge is 0.174 e. The van der Waals surface area contributed by atoms with E-state index in [2.05, 4.69) is 13.8 Å². The molecule has 0 aromatic carbocycles. The molecule has 3 nitrogen and oxygen atoms in total. The summed E-state index contributed by atoms with van der Waals surface area (Å²) >= 11 is 0. The van der Waals surface area contributed by atoms with Crippen LogP contribution in [0.4, 0.5) is 0 Å². The minimum absolute atomic E-state index is 0.119. The van der Waals surface area contributed by atoms with Crippen LogP contribution in [-0.2, 0) is 14.3 Å². The molecular weight excluding hydrogens is 204 g/mol. The van der Waals surface area contributed by atoms with Gasteiger partial charge in [-0.05, 0) is 18.3 Å². The summed E-state index contributed by atoms with van der Waals surface area (Å²) in [7, 11) is 0. The van der Waals surface area contributed by atoms with Gasteiger partial charge >= 0.3 is 0 Å². The van der Waals surface area contributed by atoms with Crippen LogP contribution in [0.2, 0.25) is 0 Å². The van der Waals surface area contributed by atoms with Crippen molar-refractivity contribution in [2.24, 2.45) is 10.8 Å². The van der Waals surface area contributed by atoms with Gasteiger partial charge in [-0.25, -0.2) is 0 Å². The van der Waals surface area contributed by atoms with Gasteiger partial charge in [-0.1, -0.05) is 13.8 Å². The lowest BCUT2D eigenvalue weighted by molar-refractivity contribution is -0.241. The van der Waals surface area contributed by atoms with E-state index in [1.165, 1.54) is 0 Å². The number of carbonyl (C=O) groups is 1. The third-order valence-electron chi connectivity index (χ3n) is 5.44. The van der Waals surface area contributed by atoms with E-state index in [4.69, 9.17) is 9.47 Å². The van der Waals surface area contributed by atoms with E-state index in [1.807, 2.05) is 0 Å². The largest absolute Gasteiger partial charge is 0.347 e. The number of hydrogen-bond donors (Lipinski definition) is 0. The van der Waals surface area contributed by atoms with Crippen LogP contribution in [0.1, 0.15) is 46.0 Å². The molecule has 1 saturated heterocycles. The zero-order valence-corrected chi connectivity index (χ0v) is 10.2. The molecule has 0 aromatic rings. The Morgan fingerprint density at radius 3 is 2.44 bits per heavy atom. The third-order valence-corrected chi connectivity index (χ3v) is 5.44. The molecule has 1 unspecified atom stereocenters. The Hall–Kier alpha value is -0.410. The highest BCUT2D eigenvalue weighted by Crippen LogP contribution is 2.66. The molecule has 3 fully saturated rings. The highest BCUT2D eigenvalue weighted by molar-refractivity contribution is 5.80. The fourth-order valence-corrected chi connectivity index (χ4v) is 4.02. The number of hydrogen-bond acceptors (Lipinski definition) is 3. The maximum absolute atomic E-state index is 11.8. The maximum Gasteiger partial charge on any atom is 0.174 e. The van der Waals surface area contributed by atoms with Crippen LogP contribution in [0, 0.1) is 10.8 Å². The van der Waals surface area contributed by atoms with Gasteiger partial charge in [-0.2, -0.15) is 0 Å². The number of carbonyl (C=O) groups excluding carboxylic acids is 1. The number of rotatable bonds is 0. The Bertz CT molecular complexity index is 332. The molecule has 3 rings (SSSR count). The summed E-state index contributed by atoms with van der Waals surface area (Å²) < 4.78 is 11.8. The van der Waals surface area contributed by atoms with Gasteiger partial charge in [0.2, 0.25) is 0 Å². The summed E-state index contributed by atoms with van der Waals surface area (Å²) in [6.45, 7) is 5.86. The first-order valence-corrected chi connectivity index (χ1v) is 6.31. The van der Waals surface area contributed by atoms with E-state index >= 15 is 0 Å². The summed E-state index contributed by atoms with van der Waals surface area (Å²) in [5.74, 6) is -0.0852. The molecule has 1 heterocycles. The van der Waals surface area contributed by atoms with Gasteiger partial charge < -0.3 is 9.47 Å². The lowest BCUT2D eigenvalue weighted by atomic mass is 9.58. The Morgan fingerprint density at radius 2 is 1.75 bits per heavy atom. The van der Waals surface area contributed by atoms with Gasteiger partial charge in [-0.15, -0.1) is 0 Å². The first-order valence-electron chi connectivity index (χ1n) is 6.31. The normalized spacial score (nSPS) is 46.2. The van der Waals surface area contributed by atoms with Gasteiger partial charge in [0.05, 0.1) is 13.2 Å². The van der Waals surface area contributed by atoms with E-state index in [-0.39, 0.29) is 10.8 Å². The van der Waals surface area contributed by atoms with Crippen molar-refractivity contribution in [1.82, 2.24) is 0 Å². The average molecular weight is 224 g/mol. The number of ether oxygens (including phenoxy) is 2. The zero-order valence-electron chi connectivity index (χ0n) is 10.2. The standard InChI is InChI=1S/C13H20O3/c1-11-4-3-10(14)9-12(11,2)13(6-5-11)15-7-8-16-13/h3-9H2,1-2H3/t11-,12?/m1/s1. The summed E-state index contributed by atoms with van der Waals surface area (Å²) in [5.41, 5.74) is 0.0943. The average Bonchev–Trinajstić information content (AvgIpc) is 2.78. The van der Waals surface area contributed by atoms with Gasteiger partial charge in [0.15, 0.2) is 5.79 Å². The SMILES string of the molecule is CC12CC(=O)CC[C@]1(C)CCC21OCCO1. The molecular formula is C13H20O3. The van der Waals surface area contributed by atoms with Crippen LogP contribution in [0.15, 0.2) is 0 Å². The minimum atomic E-state index is -0.460. The van der Waals surface area contributed by atoms with Gasteiger partial charge in [0, 0.05) is 24.7 Å². The molecule has 2 saturated carbocycles. The molecule has 0 amide bonds. The molecule has 0 radical (unpaired) electrons. The molecule has 90 valence electrons. The fourth-order valence-electron chi connectivity index (χ4n) is 4.02. The second kappa shape index (κ2) is 3.08. The van der Waals surface area contributed by atoms with Crippen LogP contribution in [0.3, 0.4) is 0 Å². The van der Waals surface area contributed by atoms with E-state index in [0.717, 1.165) is 25.7 Å². The monoisotopic (exact) mass is 224 g/mol. The molecule has 16 heavy (non-hydrogen) atoms. The second-order valence-electron chi connectivity index (χ2n) is 6.06. The van der Waals surface area contributed by atoms with Crippen LogP contribution >= 0.6 is 0 Å². The Balaban J connectivity index is 2.03. The van der Waals surface area contributed by atoms with Gasteiger partial charge in [0.1, 0.15) is 5.78 Å². The highest BCUT2D eigenvalue weighted by Gasteiger charge is 2.67. The lowest BCUT2D eigenvalue weighted by Crippen LogP contribution is -2.53. The fraction of sp³-hybridized carbons (Fsp3) is 0.923. The first kappa shape index (κ1) is 10.7. The van der Waals surface area contributed by atoms with Crippen LogP contribution < -0.4 is 0 Å². The molecule has 2 atom stereocenters. The minimum Gasteiger partial charge on any atom is -0.347 e. The van der Waals surface area contributed by atoms with Gasteiger partial charge in [0.25, 0.3) is 0 Å². The van der Waals surface area contributed by atoms with Crippen molar-refractivity contribution < 1.29 is 14.3 Å². The van der Waals surface area contributed by atoms with Crippen LogP contribution in [0.25, 0.3) is 0 Å². The Morgan fingerprint density at radius 1 is 1.06 bits per heavy atom. The topological polar surface area (TPSA) is 35.5 Å². The molecule has 2 aliphatic carbocycles. The molecule has 3 aliphatic rings. The summed E-state index contributed by atoms with van der Waals surface area (Å²) in [6.07, 6.45) is 4.44. The van der Waals surface area contributed by atoms with Crippen molar-refractivity contribution in [1.29, 1.82) is 0 Å². The summed E-state index contributed by atoms with van der Waals surface area (Å²) in [4.78, 5) is 11.8. The van der Waals surface area contributed by atoms with Crippen molar-refractivity contribution in [2.75, 3.05) is 13.2 Å². The van der Waals surface area contributed by atoms with Crippen molar-refractivity contribution in [3.8, 4) is 0 Å². The van der Waals surface area contributed by atoms with Crippen LogP contribution in [-0.4, -0.2) is 24.8 Å². The van der Waals surface area contributed by atoms with E-state index in [1.54, 1.807) is 0 Å². The summed E-state index contributed by atoms with van der Waals surface area (Å²) in [6, 6.07) is 0. The molecule has 0 N–H and O–H groups in total. The quantitative estimate of drug-likeness (QED) is 0.633. The molecule has 3 heteroatoms. The van der Waals surface area contributed by atoms with E-state index < -0.39 is 5.79 Å². The predicted molar refractivity (Wildman–Crippen MR) is 58.9 cm³/mol. The number of ketones is 1.